The van der Waals surface area contributed by atoms with Crippen molar-refractivity contribution in [2.75, 3.05) is 36.8 Å². The third kappa shape index (κ3) is 5.09. The van der Waals surface area contributed by atoms with Gasteiger partial charge in [0.05, 0.1) is 6.04 Å². The van der Waals surface area contributed by atoms with E-state index in [1.54, 1.807) is 6.07 Å². The highest BCUT2D eigenvalue weighted by Crippen LogP contribution is 2.34. The summed E-state index contributed by atoms with van der Waals surface area (Å²) in [7, 11) is 0. The summed E-state index contributed by atoms with van der Waals surface area (Å²) in [6, 6.07) is 27.0. The number of aryl methyl sites for hydroxylation is 1. The van der Waals surface area contributed by atoms with Crippen molar-refractivity contribution in [3.63, 3.8) is 0 Å². The van der Waals surface area contributed by atoms with E-state index >= 15 is 0 Å². The van der Waals surface area contributed by atoms with Crippen molar-refractivity contribution >= 4 is 23.1 Å². The molecule has 0 atom stereocenters. The molecule has 0 spiro atoms. The lowest BCUT2D eigenvalue weighted by molar-refractivity contribution is 0.212. The molecule has 1 aliphatic heterocycles. The molecule has 0 amide bonds. The van der Waals surface area contributed by atoms with Crippen LogP contribution in [-0.4, -0.2) is 41.0 Å². The van der Waals surface area contributed by atoms with E-state index in [2.05, 4.69) is 80.4 Å². The third-order valence-electron chi connectivity index (χ3n) is 6.38. The van der Waals surface area contributed by atoms with Crippen molar-refractivity contribution in [2.45, 2.75) is 13.0 Å². The summed E-state index contributed by atoms with van der Waals surface area (Å²) in [5.41, 5.74) is 10.4. The maximum absolute atomic E-state index is 6.48. The topological polar surface area (TPSA) is 67.5 Å². The minimum atomic E-state index is 0.203. The van der Waals surface area contributed by atoms with Crippen LogP contribution in [0.5, 0.6) is 11.6 Å². The summed E-state index contributed by atoms with van der Waals surface area (Å²) < 4.78 is 5.98. The Bertz CT molecular complexity index is 1240. The number of halogens is 1. The van der Waals surface area contributed by atoms with E-state index in [1.165, 1.54) is 17.5 Å². The Hall–Kier alpha value is -3.61. The largest absolute Gasteiger partial charge is 0.437 e. The molecule has 7 heteroatoms. The molecule has 2 heterocycles. The van der Waals surface area contributed by atoms with Crippen molar-refractivity contribution < 1.29 is 4.74 Å². The number of anilines is 2. The Morgan fingerprint density at radius 3 is 2.09 bits per heavy atom. The van der Waals surface area contributed by atoms with Gasteiger partial charge in [-0.25, -0.2) is 4.98 Å². The Labute approximate surface area is 211 Å². The molecule has 6 nitrogen and oxygen atoms in total. The van der Waals surface area contributed by atoms with Crippen LogP contribution in [0.15, 0.2) is 85.2 Å². The molecule has 1 aromatic heterocycles. The first-order chi connectivity index (χ1) is 17.1. The molecule has 0 aliphatic carbocycles. The number of nitrogens with two attached hydrogens (primary N) is 1. The molecule has 1 fully saturated rings. The number of aromatic nitrogens is 2. The number of piperazine rings is 1. The summed E-state index contributed by atoms with van der Waals surface area (Å²) in [6.45, 7) is 5.30. The minimum Gasteiger partial charge on any atom is -0.437 e. The Balaban J connectivity index is 1.33. The van der Waals surface area contributed by atoms with Crippen molar-refractivity contribution in [3.05, 3.63) is 107 Å². The first-order valence-corrected chi connectivity index (χ1v) is 12.1. The number of hydrogen-bond acceptors (Lipinski definition) is 6. The van der Waals surface area contributed by atoms with Gasteiger partial charge in [0.1, 0.15) is 17.8 Å². The molecule has 0 unspecified atom stereocenters. The van der Waals surface area contributed by atoms with Crippen molar-refractivity contribution in [1.82, 2.24) is 14.9 Å². The zero-order chi connectivity index (χ0) is 24.2. The fourth-order valence-corrected chi connectivity index (χ4v) is 4.69. The van der Waals surface area contributed by atoms with Gasteiger partial charge in [-0.2, -0.15) is 4.98 Å². The van der Waals surface area contributed by atoms with Gasteiger partial charge in [-0.1, -0.05) is 72.3 Å². The smallest absolute Gasteiger partial charge is 0.248 e. The summed E-state index contributed by atoms with van der Waals surface area (Å²) in [4.78, 5) is 13.5. The first kappa shape index (κ1) is 23.1. The second kappa shape index (κ2) is 10.3. The highest BCUT2D eigenvalue weighted by molar-refractivity contribution is 6.31. The molecular weight excluding hydrogens is 458 g/mol. The Morgan fingerprint density at radius 1 is 0.857 bits per heavy atom. The maximum atomic E-state index is 6.48. The van der Waals surface area contributed by atoms with E-state index < -0.39 is 0 Å². The van der Waals surface area contributed by atoms with Gasteiger partial charge in [0.25, 0.3) is 0 Å². The van der Waals surface area contributed by atoms with E-state index in [1.807, 2.05) is 19.1 Å². The van der Waals surface area contributed by atoms with E-state index in [-0.39, 0.29) is 6.04 Å². The van der Waals surface area contributed by atoms with Crippen LogP contribution in [0.3, 0.4) is 0 Å². The quantitative estimate of drug-likeness (QED) is 0.376. The molecule has 0 saturated carbocycles. The Kier molecular flexibility index (Phi) is 6.84. The van der Waals surface area contributed by atoms with Gasteiger partial charge in [0.2, 0.25) is 5.88 Å². The van der Waals surface area contributed by atoms with Crippen molar-refractivity contribution in [2.24, 2.45) is 0 Å². The monoisotopic (exact) mass is 485 g/mol. The molecule has 4 aromatic rings. The lowest BCUT2D eigenvalue weighted by Crippen LogP contribution is -2.48. The van der Waals surface area contributed by atoms with Gasteiger partial charge < -0.3 is 15.4 Å². The van der Waals surface area contributed by atoms with Crippen LogP contribution in [0.2, 0.25) is 5.02 Å². The van der Waals surface area contributed by atoms with Gasteiger partial charge in [-0.3, -0.25) is 4.90 Å². The van der Waals surface area contributed by atoms with Crippen LogP contribution >= 0.6 is 11.6 Å². The summed E-state index contributed by atoms with van der Waals surface area (Å²) in [5, 5.41) is 0.691. The molecule has 178 valence electrons. The number of benzene rings is 3. The average molecular weight is 486 g/mol. The van der Waals surface area contributed by atoms with Crippen LogP contribution in [0.4, 0.5) is 11.5 Å². The van der Waals surface area contributed by atoms with E-state index in [9.17, 15) is 0 Å². The molecule has 35 heavy (non-hydrogen) atoms. The minimum absolute atomic E-state index is 0.203. The number of nitrogen functional groups attached to an aromatic ring is 1. The summed E-state index contributed by atoms with van der Waals surface area (Å²) in [5.74, 6) is 1.70. The van der Waals surface area contributed by atoms with Crippen molar-refractivity contribution in [1.29, 1.82) is 0 Å². The first-order valence-electron chi connectivity index (χ1n) is 11.7. The molecule has 5 rings (SSSR count). The zero-order valence-corrected chi connectivity index (χ0v) is 20.4. The van der Waals surface area contributed by atoms with E-state index in [4.69, 9.17) is 22.1 Å². The lowest BCUT2D eigenvalue weighted by atomic mass is 9.96. The normalized spacial score (nSPS) is 14.3. The van der Waals surface area contributed by atoms with Gasteiger partial charge in [-0.15, -0.1) is 0 Å². The maximum Gasteiger partial charge on any atom is 0.248 e. The second-order valence-corrected chi connectivity index (χ2v) is 9.08. The molecule has 1 aliphatic rings. The number of rotatable bonds is 6. The highest BCUT2D eigenvalue weighted by Gasteiger charge is 2.28. The van der Waals surface area contributed by atoms with Gasteiger partial charge >= 0.3 is 0 Å². The number of ether oxygens (including phenoxy) is 1. The van der Waals surface area contributed by atoms with Crippen LogP contribution in [0.25, 0.3) is 0 Å². The highest BCUT2D eigenvalue weighted by atomic mass is 35.5. The fourth-order valence-electron chi connectivity index (χ4n) is 4.57. The average Bonchev–Trinajstić information content (AvgIpc) is 2.89. The SMILES string of the molecule is Cc1cc(Oc2ncnc(N3CCN(C(c4ccccc4)c4ccccc4)CC3)c2N)ccc1Cl. The molecule has 0 radical (unpaired) electrons. The van der Waals surface area contributed by atoms with Crippen LogP contribution in [0.1, 0.15) is 22.7 Å². The van der Waals surface area contributed by atoms with Crippen LogP contribution in [-0.2, 0) is 0 Å². The molecular formula is C28H28ClN5O. The molecule has 3 aromatic carbocycles. The van der Waals surface area contributed by atoms with E-state index in [0.717, 1.165) is 31.7 Å². The molecule has 0 bridgehead atoms. The van der Waals surface area contributed by atoms with Crippen LogP contribution in [0, 0.1) is 6.92 Å². The standard InChI is InChI=1S/C28H28ClN5O/c1-20-18-23(12-13-24(20)29)35-28-25(30)27(31-19-32-28)34-16-14-33(15-17-34)26(21-8-4-2-5-9-21)22-10-6-3-7-11-22/h2-13,18-19,26H,14-17,30H2,1H3. The van der Waals surface area contributed by atoms with Gasteiger partial charge in [0.15, 0.2) is 5.82 Å². The Morgan fingerprint density at radius 2 is 1.49 bits per heavy atom. The van der Waals surface area contributed by atoms with E-state index in [0.29, 0.717) is 28.2 Å². The number of nitrogens with zero attached hydrogens (tertiary/aromatic N) is 4. The lowest BCUT2D eigenvalue weighted by Gasteiger charge is -2.40. The van der Waals surface area contributed by atoms with Crippen LogP contribution < -0.4 is 15.4 Å². The predicted molar refractivity (Wildman–Crippen MR) is 141 cm³/mol. The van der Waals surface area contributed by atoms with Gasteiger partial charge in [-0.05, 0) is 41.8 Å². The third-order valence-corrected chi connectivity index (χ3v) is 6.80. The van der Waals surface area contributed by atoms with Gasteiger partial charge in [0, 0.05) is 31.2 Å². The predicted octanol–water partition coefficient (Wildman–Crippen LogP) is 5.72. The fraction of sp³-hybridized carbons (Fsp3) is 0.214. The molecule has 1 saturated heterocycles. The summed E-state index contributed by atoms with van der Waals surface area (Å²) >= 11 is 6.14. The zero-order valence-electron chi connectivity index (χ0n) is 19.6. The second-order valence-electron chi connectivity index (χ2n) is 8.68. The summed E-state index contributed by atoms with van der Waals surface area (Å²) in [6.07, 6.45) is 1.51. The van der Waals surface area contributed by atoms with Crippen molar-refractivity contribution in [3.8, 4) is 11.6 Å². The number of hydrogen-bond donors (Lipinski definition) is 1. The molecule has 2 N–H and O–H groups in total.